The van der Waals surface area contributed by atoms with E-state index in [4.69, 9.17) is 16.6 Å². The minimum absolute atomic E-state index is 0.156. The molecule has 0 saturated carbocycles. The lowest BCUT2D eigenvalue weighted by molar-refractivity contribution is 0.246. The van der Waals surface area contributed by atoms with E-state index in [1.165, 1.54) is 4.70 Å². The number of amides is 2. The number of piperidine rings is 1. The third kappa shape index (κ3) is 3.76. The van der Waals surface area contributed by atoms with Gasteiger partial charge in [0, 0.05) is 19.1 Å². The number of benzene rings is 2. The number of carbonyl (C=O) groups excluding carboxylic acids is 1. The van der Waals surface area contributed by atoms with Gasteiger partial charge in [-0.05, 0) is 37.1 Å². The molecule has 0 spiro atoms. The zero-order valence-corrected chi connectivity index (χ0v) is 15.7. The summed E-state index contributed by atoms with van der Waals surface area (Å²) in [7, 11) is 0. The van der Waals surface area contributed by atoms with Crippen LogP contribution in [0.2, 0.25) is 5.02 Å². The van der Waals surface area contributed by atoms with Gasteiger partial charge >= 0.3 is 6.03 Å². The van der Waals surface area contributed by atoms with Gasteiger partial charge in [-0.3, -0.25) is 0 Å². The molecule has 1 fully saturated rings. The van der Waals surface area contributed by atoms with Gasteiger partial charge in [-0.1, -0.05) is 47.2 Å². The Balaban J connectivity index is 1.32. The fraction of sp³-hybridized carbons (Fsp3) is 0.263. The maximum Gasteiger partial charge on any atom is 0.319 e. The molecule has 2 aromatic carbocycles. The van der Waals surface area contributed by atoms with Crippen LogP contribution in [0.5, 0.6) is 0 Å². The highest BCUT2D eigenvalue weighted by Gasteiger charge is 2.23. The van der Waals surface area contributed by atoms with E-state index in [-0.39, 0.29) is 12.1 Å². The molecule has 2 N–H and O–H groups in total. The van der Waals surface area contributed by atoms with E-state index in [0.717, 1.165) is 36.6 Å². The van der Waals surface area contributed by atoms with E-state index in [1.54, 1.807) is 23.5 Å². The zero-order chi connectivity index (χ0) is 17.9. The van der Waals surface area contributed by atoms with Crippen LogP contribution in [0.25, 0.3) is 10.2 Å². The number of halogens is 1. The topological polar surface area (TPSA) is 57.3 Å². The summed E-state index contributed by atoms with van der Waals surface area (Å²) in [5.41, 5.74) is 1.67. The zero-order valence-electron chi connectivity index (χ0n) is 14.1. The number of rotatable bonds is 3. The molecule has 3 aromatic rings. The number of carbonyl (C=O) groups is 1. The molecule has 0 atom stereocenters. The average molecular weight is 387 g/mol. The first kappa shape index (κ1) is 17.1. The molecule has 0 radical (unpaired) electrons. The van der Waals surface area contributed by atoms with Gasteiger partial charge in [-0.25, -0.2) is 9.78 Å². The monoisotopic (exact) mass is 386 g/mol. The quantitative estimate of drug-likeness (QED) is 0.683. The predicted molar refractivity (Wildman–Crippen MR) is 108 cm³/mol. The summed E-state index contributed by atoms with van der Waals surface area (Å²) >= 11 is 7.80. The van der Waals surface area contributed by atoms with Gasteiger partial charge in [0.25, 0.3) is 0 Å². The number of hydrogen-bond donors (Lipinski definition) is 2. The number of nitrogens with one attached hydrogen (secondary N) is 2. The second-order valence-electron chi connectivity index (χ2n) is 6.30. The second-order valence-corrected chi connectivity index (χ2v) is 7.72. The first-order chi connectivity index (χ1) is 12.7. The molecule has 5 nitrogen and oxygen atoms in total. The Kier molecular flexibility index (Phi) is 4.95. The SMILES string of the molecule is O=C(Nc1ccccc1Cl)NC1CCN(c2nc3ccccc3s2)CC1. The number of para-hydroxylation sites is 2. The molecule has 0 unspecified atom stereocenters. The lowest BCUT2D eigenvalue weighted by Gasteiger charge is -2.32. The van der Waals surface area contributed by atoms with Crippen molar-refractivity contribution in [2.24, 2.45) is 0 Å². The van der Waals surface area contributed by atoms with Gasteiger partial charge in [0.05, 0.1) is 20.9 Å². The van der Waals surface area contributed by atoms with Crippen LogP contribution in [-0.4, -0.2) is 30.1 Å². The van der Waals surface area contributed by atoms with Gasteiger partial charge in [0.2, 0.25) is 0 Å². The van der Waals surface area contributed by atoms with Gasteiger partial charge < -0.3 is 15.5 Å². The standard InChI is InChI=1S/C19H19ClN4OS/c20-14-5-1-2-6-15(14)22-18(25)21-13-9-11-24(12-10-13)19-23-16-7-3-4-8-17(16)26-19/h1-8,13H,9-12H2,(H2,21,22,25). The van der Waals surface area contributed by atoms with E-state index < -0.39 is 0 Å². The molecule has 26 heavy (non-hydrogen) atoms. The maximum absolute atomic E-state index is 12.2. The summed E-state index contributed by atoms with van der Waals surface area (Å²) in [5, 5.41) is 7.45. The van der Waals surface area contributed by atoms with E-state index in [2.05, 4.69) is 21.6 Å². The molecule has 1 aromatic heterocycles. The number of urea groups is 1. The van der Waals surface area contributed by atoms with Crippen molar-refractivity contribution < 1.29 is 4.79 Å². The average Bonchev–Trinajstić information content (AvgIpc) is 3.08. The highest BCUT2D eigenvalue weighted by molar-refractivity contribution is 7.22. The molecule has 1 aliphatic heterocycles. The summed E-state index contributed by atoms with van der Waals surface area (Å²) in [6, 6.07) is 15.4. The minimum Gasteiger partial charge on any atom is -0.348 e. The fourth-order valence-electron chi connectivity index (χ4n) is 3.12. The number of anilines is 2. The van der Waals surface area contributed by atoms with Gasteiger partial charge in [-0.2, -0.15) is 0 Å². The molecule has 1 aliphatic rings. The molecule has 1 saturated heterocycles. The molecule has 134 valence electrons. The van der Waals surface area contributed by atoms with Crippen LogP contribution in [-0.2, 0) is 0 Å². The largest absolute Gasteiger partial charge is 0.348 e. The maximum atomic E-state index is 12.2. The van der Waals surface area contributed by atoms with Gasteiger partial charge in [0.15, 0.2) is 5.13 Å². The molecular weight excluding hydrogens is 368 g/mol. The lowest BCUT2D eigenvalue weighted by Crippen LogP contribution is -2.46. The summed E-state index contributed by atoms with van der Waals surface area (Å²) < 4.78 is 1.21. The Bertz CT molecular complexity index is 888. The number of nitrogens with zero attached hydrogens (tertiary/aromatic N) is 2. The van der Waals surface area contributed by atoms with Crippen LogP contribution in [0.1, 0.15) is 12.8 Å². The van der Waals surface area contributed by atoms with Gasteiger partial charge in [0.1, 0.15) is 0 Å². The van der Waals surface area contributed by atoms with E-state index >= 15 is 0 Å². The minimum atomic E-state index is -0.212. The summed E-state index contributed by atoms with van der Waals surface area (Å²) in [6.45, 7) is 1.77. The first-order valence-corrected chi connectivity index (χ1v) is 9.81. The van der Waals surface area contributed by atoms with Crippen molar-refractivity contribution in [2.45, 2.75) is 18.9 Å². The third-order valence-corrected chi connectivity index (χ3v) is 5.93. The van der Waals surface area contributed by atoms with Crippen LogP contribution < -0.4 is 15.5 Å². The summed E-state index contributed by atoms with van der Waals surface area (Å²) in [4.78, 5) is 19.2. The van der Waals surface area contributed by atoms with Crippen molar-refractivity contribution in [1.82, 2.24) is 10.3 Å². The van der Waals surface area contributed by atoms with Crippen molar-refractivity contribution in [2.75, 3.05) is 23.3 Å². The van der Waals surface area contributed by atoms with Crippen LogP contribution in [0.4, 0.5) is 15.6 Å². The summed E-state index contributed by atoms with van der Waals surface area (Å²) in [6.07, 6.45) is 1.79. The highest BCUT2D eigenvalue weighted by atomic mass is 35.5. The van der Waals surface area contributed by atoms with Crippen LogP contribution in [0.3, 0.4) is 0 Å². The van der Waals surface area contributed by atoms with Crippen molar-refractivity contribution >= 4 is 50.0 Å². The van der Waals surface area contributed by atoms with E-state index in [1.807, 2.05) is 30.3 Å². The molecular formula is C19H19ClN4OS. The Morgan fingerprint density at radius 1 is 1.12 bits per heavy atom. The Morgan fingerprint density at radius 2 is 1.85 bits per heavy atom. The number of hydrogen-bond acceptors (Lipinski definition) is 4. The normalized spacial score (nSPS) is 15.2. The molecule has 0 bridgehead atoms. The molecule has 4 rings (SSSR count). The smallest absolute Gasteiger partial charge is 0.319 e. The van der Waals surface area contributed by atoms with Crippen molar-refractivity contribution in [3.8, 4) is 0 Å². The van der Waals surface area contributed by atoms with Crippen LogP contribution in [0.15, 0.2) is 48.5 Å². The van der Waals surface area contributed by atoms with E-state index in [0.29, 0.717) is 10.7 Å². The Hall–Kier alpha value is -2.31. The fourth-order valence-corrected chi connectivity index (χ4v) is 4.32. The van der Waals surface area contributed by atoms with Crippen LogP contribution >= 0.6 is 22.9 Å². The first-order valence-electron chi connectivity index (χ1n) is 8.61. The molecule has 0 aliphatic carbocycles. The highest BCUT2D eigenvalue weighted by Crippen LogP contribution is 2.30. The van der Waals surface area contributed by atoms with Crippen molar-refractivity contribution in [3.05, 3.63) is 53.6 Å². The number of fused-ring (bicyclic) bond motifs is 1. The molecule has 7 heteroatoms. The molecule has 2 heterocycles. The van der Waals surface area contributed by atoms with Gasteiger partial charge in [-0.15, -0.1) is 0 Å². The lowest BCUT2D eigenvalue weighted by atomic mass is 10.1. The number of aromatic nitrogens is 1. The Labute approximate surface area is 161 Å². The van der Waals surface area contributed by atoms with Crippen molar-refractivity contribution in [3.63, 3.8) is 0 Å². The number of thiazole rings is 1. The third-order valence-electron chi connectivity index (χ3n) is 4.51. The van der Waals surface area contributed by atoms with Crippen LogP contribution in [0, 0.1) is 0 Å². The van der Waals surface area contributed by atoms with E-state index in [9.17, 15) is 4.79 Å². The molecule has 2 amide bonds. The summed E-state index contributed by atoms with van der Waals surface area (Å²) in [5.74, 6) is 0. The van der Waals surface area contributed by atoms with Crippen molar-refractivity contribution in [1.29, 1.82) is 0 Å². The Morgan fingerprint density at radius 3 is 2.62 bits per heavy atom. The predicted octanol–water partition coefficient (Wildman–Crippen LogP) is 4.74. The second kappa shape index (κ2) is 7.51.